The van der Waals surface area contributed by atoms with Crippen LogP contribution in [0, 0.1) is 0 Å². The van der Waals surface area contributed by atoms with Gasteiger partial charge in [0.05, 0.1) is 22.8 Å². The van der Waals surface area contributed by atoms with E-state index in [9.17, 15) is 4.79 Å². The largest absolute Gasteiger partial charge is 0.369 e. The second-order valence-electron chi connectivity index (χ2n) is 9.35. The van der Waals surface area contributed by atoms with Gasteiger partial charge in [-0.3, -0.25) is 14.5 Å². The molecule has 1 aliphatic carbocycles. The van der Waals surface area contributed by atoms with Crippen molar-refractivity contribution in [2.75, 3.05) is 38.1 Å². The van der Waals surface area contributed by atoms with Gasteiger partial charge in [-0.1, -0.05) is 12.2 Å². The van der Waals surface area contributed by atoms with E-state index < -0.39 is 0 Å². The molecule has 6 rings (SSSR count). The van der Waals surface area contributed by atoms with Crippen LogP contribution in [0.25, 0.3) is 34.3 Å². The molecule has 1 aromatic carbocycles. The van der Waals surface area contributed by atoms with Gasteiger partial charge >= 0.3 is 5.69 Å². The third kappa shape index (κ3) is 3.98. The van der Waals surface area contributed by atoms with Crippen molar-refractivity contribution < 1.29 is 0 Å². The van der Waals surface area contributed by atoms with Gasteiger partial charge in [0.15, 0.2) is 0 Å². The summed E-state index contributed by atoms with van der Waals surface area (Å²) in [5.74, 6) is 0. The van der Waals surface area contributed by atoms with Gasteiger partial charge in [-0.05, 0) is 60.6 Å². The number of hydrogen-bond acceptors (Lipinski definition) is 5. The van der Waals surface area contributed by atoms with Crippen LogP contribution in [-0.2, 0) is 13.5 Å². The number of anilines is 1. The van der Waals surface area contributed by atoms with E-state index in [1.165, 1.54) is 5.69 Å². The first-order valence-electron chi connectivity index (χ1n) is 12.0. The van der Waals surface area contributed by atoms with Gasteiger partial charge in [-0.15, -0.1) is 0 Å². The van der Waals surface area contributed by atoms with Crippen LogP contribution in [0.1, 0.15) is 11.3 Å². The zero-order chi connectivity index (χ0) is 23.9. The summed E-state index contributed by atoms with van der Waals surface area (Å²) in [6.07, 6.45) is 10.7. The number of benzene rings is 1. The molecular formula is C28H28N6O. The van der Waals surface area contributed by atoms with Gasteiger partial charge in [0.25, 0.3) is 0 Å². The molecular weight excluding hydrogens is 436 g/mol. The Morgan fingerprint density at radius 3 is 2.43 bits per heavy atom. The van der Waals surface area contributed by atoms with Crippen molar-refractivity contribution in [3.05, 3.63) is 88.9 Å². The zero-order valence-corrected chi connectivity index (χ0v) is 20.1. The maximum atomic E-state index is 13.1. The van der Waals surface area contributed by atoms with Gasteiger partial charge in [-0.2, -0.15) is 0 Å². The Balaban J connectivity index is 1.36. The second kappa shape index (κ2) is 8.67. The third-order valence-electron chi connectivity index (χ3n) is 6.99. The van der Waals surface area contributed by atoms with Crippen LogP contribution in [0.3, 0.4) is 0 Å². The molecule has 176 valence electrons. The first-order valence-corrected chi connectivity index (χ1v) is 12.0. The maximum Gasteiger partial charge on any atom is 0.333 e. The Labute approximate surface area is 204 Å². The number of aryl methyl sites for hydroxylation is 1. The van der Waals surface area contributed by atoms with Gasteiger partial charge in [0, 0.05) is 69.5 Å². The van der Waals surface area contributed by atoms with Crippen molar-refractivity contribution in [3.8, 4) is 28.2 Å². The highest BCUT2D eigenvalue weighted by Crippen LogP contribution is 2.29. The normalized spacial score (nSPS) is 15.5. The molecule has 35 heavy (non-hydrogen) atoms. The maximum absolute atomic E-state index is 13.1. The molecule has 0 saturated carbocycles. The molecule has 0 unspecified atom stereocenters. The Kier molecular flexibility index (Phi) is 5.34. The Bertz CT molecular complexity index is 1470. The van der Waals surface area contributed by atoms with Crippen LogP contribution in [0.15, 0.2) is 71.9 Å². The zero-order valence-electron chi connectivity index (χ0n) is 20.1. The summed E-state index contributed by atoms with van der Waals surface area (Å²) in [7, 11) is 3.94. The molecule has 0 N–H and O–H groups in total. The summed E-state index contributed by atoms with van der Waals surface area (Å²) >= 11 is 0. The molecule has 7 nitrogen and oxygen atoms in total. The molecule has 7 heteroatoms. The SMILES string of the molecule is CN1CCN(c2ccc(-n3c(-c4cc(-c5cnc6c(c5)C=CC6)ccn4)cn(C)c3=O)cc2)CC1. The second-order valence-corrected chi connectivity index (χ2v) is 9.35. The number of imidazole rings is 1. The van der Waals surface area contributed by atoms with E-state index >= 15 is 0 Å². The lowest BCUT2D eigenvalue weighted by Gasteiger charge is -2.34. The number of aromatic nitrogens is 4. The number of likely N-dealkylation sites (N-methyl/N-ethyl adjacent to an activating group) is 1. The minimum atomic E-state index is -0.0936. The number of piperazine rings is 1. The lowest BCUT2D eigenvalue weighted by Crippen LogP contribution is -2.44. The van der Waals surface area contributed by atoms with Gasteiger partial charge in [0.2, 0.25) is 0 Å². The average Bonchev–Trinajstić information content (AvgIpc) is 3.48. The summed E-state index contributed by atoms with van der Waals surface area (Å²) in [4.78, 5) is 27.1. The molecule has 1 saturated heterocycles. The number of allylic oxidation sites excluding steroid dienone is 1. The smallest absolute Gasteiger partial charge is 0.333 e. The molecule has 3 aromatic heterocycles. The number of nitrogens with zero attached hydrogens (tertiary/aromatic N) is 6. The first kappa shape index (κ1) is 21.6. The van der Waals surface area contributed by atoms with Gasteiger partial charge < -0.3 is 14.4 Å². The van der Waals surface area contributed by atoms with Gasteiger partial charge in [-0.25, -0.2) is 4.79 Å². The molecule has 1 fully saturated rings. The van der Waals surface area contributed by atoms with E-state index in [0.717, 1.165) is 72.1 Å². The minimum Gasteiger partial charge on any atom is -0.369 e. The highest BCUT2D eigenvalue weighted by atomic mass is 16.1. The monoisotopic (exact) mass is 464 g/mol. The van der Waals surface area contributed by atoms with Crippen LogP contribution < -0.4 is 10.6 Å². The van der Waals surface area contributed by atoms with Gasteiger partial charge in [0.1, 0.15) is 0 Å². The van der Waals surface area contributed by atoms with Crippen LogP contribution in [0.2, 0.25) is 0 Å². The summed E-state index contributed by atoms with van der Waals surface area (Å²) in [5, 5.41) is 0. The number of fused-ring (bicyclic) bond motifs is 1. The lowest BCUT2D eigenvalue weighted by atomic mass is 10.0. The molecule has 0 bridgehead atoms. The standard InChI is InChI=1S/C28H28N6O/c1-31-12-14-33(15-13-31)23-6-8-24(9-7-23)34-27(19-32(2)28(34)35)26-17-20(10-11-29-26)22-16-21-4-3-5-25(21)30-18-22/h3-4,6-11,16-19H,5,12-15H2,1-2H3. The van der Waals surface area contributed by atoms with E-state index in [1.807, 2.05) is 36.7 Å². The molecule has 0 spiro atoms. The quantitative estimate of drug-likeness (QED) is 0.462. The Morgan fingerprint density at radius 2 is 1.63 bits per heavy atom. The number of hydrogen-bond donors (Lipinski definition) is 0. The third-order valence-corrected chi connectivity index (χ3v) is 6.99. The molecule has 1 aliphatic heterocycles. The van der Waals surface area contributed by atoms with Crippen molar-refractivity contribution in [2.24, 2.45) is 7.05 Å². The molecule has 4 aromatic rings. The van der Waals surface area contributed by atoms with Crippen molar-refractivity contribution in [1.29, 1.82) is 0 Å². The summed E-state index contributed by atoms with van der Waals surface area (Å²) in [5.41, 5.74) is 7.78. The summed E-state index contributed by atoms with van der Waals surface area (Å²) < 4.78 is 3.35. The number of rotatable bonds is 4. The van der Waals surface area contributed by atoms with E-state index in [2.05, 4.69) is 57.2 Å². The highest BCUT2D eigenvalue weighted by molar-refractivity contribution is 5.72. The fraction of sp³-hybridized carbons (Fsp3) is 0.250. The van der Waals surface area contributed by atoms with E-state index in [0.29, 0.717) is 0 Å². The van der Waals surface area contributed by atoms with Crippen molar-refractivity contribution in [2.45, 2.75) is 6.42 Å². The van der Waals surface area contributed by atoms with Crippen LogP contribution in [0.5, 0.6) is 0 Å². The minimum absolute atomic E-state index is 0.0936. The molecule has 4 heterocycles. The average molecular weight is 465 g/mol. The van der Waals surface area contributed by atoms with E-state index in [-0.39, 0.29) is 5.69 Å². The van der Waals surface area contributed by atoms with Crippen molar-refractivity contribution >= 4 is 11.8 Å². The van der Waals surface area contributed by atoms with Crippen LogP contribution in [0.4, 0.5) is 5.69 Å². The van der Waals surface area contributed by atoms with Crippen LogP contribution in [-0.4, -0.2) is 57.2 Å². The molecule has 0 radical (unpaired) electrons. The van der Waals surface area contributed by atoms with E-state index in [1.54, 1.807) is 22.4 Å². The molecule has 0 amide bonds. The fourth-order valence-electron chi connectivity index (χ4n) is 4.90. The predicted octanol–water partition coefficient (Wildman–Crippen LogP) is 3.62. The first-order chi connectivity index (χ1) is 17.1. The van der Waals surface area contributed by atoms with Crippen molar-refractivity contribution in [3.63, 3.8) is 0 Å². The Morgan fingerprint density at radius 1 is 0.857 bits per heavy atom. The highest BCUT2D eigenvalue weighted by Gasteiger charge is 2.18. The van der Waals surface area contributed by atoms with Crippen molar-refractivity contribution in [1.82, 2.24) is 24.0 Å². The summed E-state index contributed by atoms with van der Waals surface area (Å²) in [6, 6.07) is 14.5. The predicted molar refractivity (Wildman–Crippen MR) is 140 cm³/mol. The summed E-state index contributed by atoms with van der Waals surface area (Å²) in [6.45, 7) is 4.14. The molecule has 0 atom stereocenters. The van der Waals surface area contributed by atoms with E-state index in [4.69, 9.17) is 0 Å². The lowest BCUT2D eigenvalue weighted by molar-refractivity contribution is 0.313. The topological polar surface area (TPSA) is 59.2 Å². The van der Waals surface area contributed by atoms with Crippen LogP contribution >= 0.6 is 0 Å². The number of pyridine rings is 2. The fourth-order valence-corrected chi connectivity index (χ4v) is 4.90. The Hall–Kier alpha value is -3.97. The molecule has 2 aliphatic rings.